The number of benzene rings is 2. The molecule has 0 heterocycles. The lowest BCUT2D eigenvalue weighted by atomic mass is 10.0. The maximum Gasteiger partial charge on any atom is 0.338 e. The lowest BCUT2D eigenvalue weighted by Crippen LogP contribution is -2.04. The van der Waals surface area contributed by atoms with E-state index in [4.69, 9.17) is 4.74 Å². The third-order valence-electron chi connectivity index (χ3n) is 2.83. The molecule has 0 unspecified atom stereocenters. The van der Waals surface area contributed by atoms with E-state index in [0.717, 1.165) is 21.7 Å². The van der Waals surface area contributed by atoms with Crippen LogP contribution >= 0.6 is 31.9 Å². The van der Waals surface area contributed by atoms with Gasteiger partial charge in [0.25, 0.3) is 0 Å². The molecule has 0 atom stereocenters. The van der Waals surface area contributed by atoms with Gasteiger partial charge in [0, 0.05) is 10.7 Å². The fourth-order valence-corrected chi connectivity index (χ4v) is 2.70. The molecular weight excluding hydrogens is 360 g/mol. The first-order chi connectivity index (χ1) is 8.69. The summed E-state index contributed by atoms with van der Waals surface area (Å²) in [5.41, 5.74) is 2.75. The summed E-state index contributed by atoms with van der Waals surface area (Å²) in [6, 6.07) is 10.1. The molecule has 0 amide bonds. The molecule has 2 rings (SSSR count). The molecule has 0 aliphatic carbocycles. The zero-order valence-corrected chi connectivity index (χ0v) is 13.0. The SMILES string of the molecule is COC(=O)c1cc2cc(CBr)ccc2cc1CBr. The first-order valence-corrected chi connectivity index (χ1v) is 7.69. The van der Waals surface area contributed by atoms with Gasteiger partial charge in [0.15, 0.2) is 0 Å². The summed E-state index contributed by atoms with van der Waals surface area (Å²) < 4.78 is 4.82. The minimum atomic E-state index is -0.296. The molecule has 2 nitrogen and oxygen atoms in total. The van der Waals surface area contributed by atoms with Crippen LogP contribution in [0.25, 0.3) is 10.8 Å². The Labute approximate surface area is 123 Å². The first kappa shape index (κ1) is 13.6. The van der Waals surface area contributed by atoms with Crippen molar-refractivity contribution in [2.75, 3.05) is 7.11 Å². The average Bonchev–Trinajstić information content (AvgIpc) is 2.44. The van der Waals surface area contributed by atoms with Gasteiger partial charge in [-0.2, -0.15) is 0 Å². The van der Waals surface area contributed by atoms with Crippen molar-refractivity contribution in [3.05, 3.63) is 47.0 Å². The summed E-state index contributed by atoms with van der Waals surface area (Å²) in [4.78, 5) is 11.7. The molecule has 94 valence electrons. The summed E-state index contributed by atoms with van der Waals surface area (Å²) in [6.45, 7) is 0. The molecule has 0 aliphatic heterocycles. The molecule has 0 spiro atoms. The van der Waals surface area contributed by atoms with Crippen molar-refractivity contribution in [3.63, 3.8) is 0 Å². The maximum atomic E-state index is 11.7. The average molecular weight is 372 g/mol. The summed E-state index contributed by atoms with van der Waals surface area (Å²) in [6.07, 6.45) is 0. The van der Waals surface area contributed by atoms with Gasteiger partial charge in [-0.3, -0.25) is 0 Å². The third kappa shape index (κ3) is 2.59. The van der Waals surface area contributed by atoms with Crippen LogP contribution in [0.5, 0.6) is 0 Å². The lowest BCUT2D eigenvalue weighted by Gasteiger charge is -2.08. The highest BCUT2D eigenvalue weighted by atomic mass is 79.9. The Morgan fingerprint density at radius 3 is 2.50 bits per heavy atom. The number of fused-ring (bicyclic) bond motifs is 1. The summed E-state index contributed by atoms with van der Waals surface area (Å²) in [5, 5.41) is 3.61. The molecule has 0 N–H and O–H groups in total. The third-order valence-corrected chi connectivity index (χ3v) is 4.08. The molecule has 2 aromatic carbocycles. The number of esters is 1. The number of ether oxygens (including phenoxy) is 1. The number of halogens is 2. The van der Waals surface area contributed by atoms with Gasteiger partial charge in [0.1, 0.15) is 0 Å². The largest absolute Gasteiger partial charge is 0.465 e. The van der Waals surface area contributed by atoms with Crippen molar-refractivity contribution in [1.29, 1.82) is 0 Å². The van der Waals surface area contributed by atoms with E-state index in [2.05, 4.69) is 50.1 Å². The standard InChI is InChI=1S/C14H12Br2O2/c1-18-14(17)13-6-11-4-9(7-15)2-3-10(11)5-12(13)8-16/h2-6H,7-8H2,1H3. The number of methoxy groups -OCH3 is 1. The zero-order chi connectivity index (χ0) is 13.1. The van der Waals surface area contributed by atoms with Gasteiger partial charge in [-0.05, 0) is 34.0 Å². The van der Waals surface area contributed by atoms with E-state index in [1.165, 1.54) is 12.7 Å². The number of rotatable bonds is 3. The van der Waals surface area contributed by atoms with Gasteiger partial charge in [-0.1, -0.05) is 50.1 Å². The zero-order valence-electron chi connectivity index (χ0n) is 9.87. The van der Waals surface area contributed by atoms with Crippen LogP contribution in [0, 0.1) is 0 Å². The van der Waals surface area contributed by atoms with Crippen LogP contribution in [0.1, 0.15) is 21.5 Å². The Morgan fingerprint density at radius 2 is 1.89 bits per heavy atom. The van der Waals surface area contributed by atoms with Crippen molar-refractivity contribution in [3.8, 4) is 0 Å². The van der Waals surface area contributed by atoms with E-state index < -0.39 is 0 Å². The Hall–Kier alpha value is -0.870. The van der Waals surface area contributed by atoms with Crippen molar-refractivity contribution < 1.29 is 9.53 Å². The van der Waals surface area contributed by atoms with E-state index in [0.29, 0.717) is 10.9 Å². The molecule has 0 bridgehead atoms. The summed E-state index contributed by atoms with van der Waals surface area (Å²) in [5.74, 6) is -0.296. The molecule has 0 saturated carbocycles. The van der Waals surface area contributed by atoms with Gasteiger partial charge in [0.05, 0.1) is 12.7 Å². The molecule has 18 heavy (non-hydrogen) atoms. The second kappa shape index (κ2) is 5.85. The second-order valence-electron chi connectivity index (χ2n) is 3.95. The highest BCUT2D eigenvalue weighted by molar-refractivity contribution is 9.08. The van der Waals surface area contributed by atoms with Crippen molar-refractivity contribution in [2.24, 2.45) is 0 Å². The van der Waals surface area contributed by atoms with E-state index >= 15 is 0 Å². The predicted octanol–water partition coefficient (Wildman–Crippen LogP) is 4.42. The minimum absolute atomic E-state index is 0.296. The fourth-order valence-electron chi connectivity index (χ4n) is 1.89. The minimum Gasteiger partial charge on any atom is -0.465 e. The van der Waals surface area contributed by atoms with Crippen molar-refractivity contribution >= 4 is 48.6 Å². The van der Waals surface area contributed by atoms with Gasteiger partial charge in [-0.15, -0.1) is 0 Å². The Kier molecular flexibility index (Phi) is 4.40. The predicted molar refractivity (Wildman–Crippen MR) is 80.5 cm³/mol. The smallest absolute Gasteiger partial charge is 0.338 e. The van der Waals surface area contributed by atoms with Crippen LogP contribution in [0.3, 0.4) is 0 Å². The lowest BCUT2D eigenvalue weighted by molar-refractivity contribution is 0.0600. The van der Waals surface area contributed by atoms with Crippen LogP contribution in [0.4, 0.5) is 0 Å². The van der Waals surface area contributed by atoms with Crippen LogP contribution < -0.4 is 0 Å². The maximum absolute atomic E-state index is 11.7. The molecule has 0 aliphatic rings. The number of carbonyl (C=O) groups is 1. The number of hydrogen-bond acceptors (Lipinski definition) is 2. The van der Waals surface area contributed by atoms with Gasteiger partial charge in [0.2, 0.25) is 0 Å². The van der Waals surface area contributed by atoms with E-state index in [1.807, 2.05) is 12.1 Å². The Balaban J connectivity index is 2.65. The van der Waals surface area contributed by atoms with Gasteiger partial charge >= 0.3 is 5.97 Å². The summed E-state index contributed by atoms with van der Waals surface area (Å²) >= 11 is 6.84. The molecular formula is C14H12Br2O2. The number of hydrogen-bond donors (Lipinski definition) is 0. The van der Waals surface area contributed by atoms with Crippen LogP contribution in [0.15, 0.2) is 30.3 Å². The summed E-state index contributed by atoms with van der Waals surface area (Å²) in [7, 11) is 1.40. The highest BCUT2D eigenvalue weighted by Gasteiger charge is 2.12. The van der Waals surface area contributed by atoms with Crippen molar-refractivity contribution in [2.45, 2.75) is 10.7 Å². The monoisotopic (exact) mass is 370 g/mol. The van der Waals surface area contributed by atoms with Gasteiger partial charge in [-0.25, -0.2) is 4.79 Å². The van der Waals surface area contributed by atoms with Crippen molar-refractivity contribution in [1.82, 2.24) is 0 Å². The Morgan fingerprint density at radius 1 is 1.11 bits per heavy atom. The molecule has 0 fully saturated rings. The van der Waals surface area contributed by atoms with E-state index in [9.17, 15) is 4.79 Å². The Bertz CT molecular complexity index is 594. The molecule has 0 radical (unpaired) electrons. The number of alkyl halides is 2. The van der Waals surface area contributed by atoms with Gasteiger partial charge < -0.3 is 4.74 Å². The van der Waals surface area contributed by atoms with Crippen LogP contribution in [-0.2, 0) is 15.4 Å². The van der Waals surface area contributed by atoms with E-state index in [-0.39, 0.29) is 5.97 Å². The topological polar surface area (TPSA) is 26.3 Å². The quantitative estimate of drug-likeness (QED) is 0.589. The molecule has 4 heteroatoms. The molecule has 2 aromatic rings. The first-order valence-electron chi connectivity index (χ1n) is 5.45. The highest BCUT2D eigenvalue weighted by Crippen LogP contribution is 2.24. The van der Waals surface area contributed by atoms with Crippen LogP contribution in [0.2, 0.25) is 0 Å². The molecule has 0 aromatic heterocycles. The normalized spacial score (nSPS) is 10.6. The second-order valence-corrected chi connectivity index (χ2v) is 5.07. The molecule has 0 saturated heterocycles. The number of carbonyl (C=O) groups excluding carboxylic acids is 1. The fraction of sp³-hybridized carbons (Fsp3) is 0.214. The van der Waals surface area contributed by atoms with Crippen LogP contribution in [-0.4, -0.2) is 13.1 Å². The van der Waals surface area contributed by atoms with E-state index in [1.54, 1.807) is 0 Å².